The summed E-state index contributed by atoms with van der Waals surface area (Å²) < 4.78 is 0. The van der Waals surface area contributed by atoms with E-state index >= 15 is 0 Å². The molecule has 0 aromatic carbocycles. The van der Waals surface area contributed by atoms with Crippen molar-refractivity contribution in [3.8, 4) is 0 Å². The molecule has 7 heteroatoms. The van der Waals surface area contributed by atoms with Gasteiger partial charge in [-0.25, -0.2) is 0 Å². The standard InChI is InChI=1S/C16H28ClN5O/c1-4-7-22(3)8-6-20-13-9-12(10-13)16(23)21-15(19-5-2)11-14(17)18/h5,11-13,18-20H,2,4,6-10H2,1,3H3,(H,21,23). The fourth-order valence-corrected chi connectivity index (χ4v) is 2.65. The van der Waals surface area contributed by atoms with Crippen LogP contribution in [0, 0.1) is 11.3 Å². The van der Waals surface area contributed by atoms with Gasteiger partial charge in [-0.1, -0.05) is 25.1 Å². The minimum atomic E-state index is -0.154. The number of halogens is 1. The summed E-state index contributed by atoms with van der Waals surface area (Å²) >= 11 is 5.51. The molecular weight excluding hydrogens is 314 g/mol. The fourth-order valence-electron chi connectivity index (χ4n) is 2.54. The van der Waals surface area contributed by atoms with Gasteiger partial charge in [0.25, 0.3) is 0 Å². The number of nitrogens with zero attached hydrogens (tertiary/aromatic N) is 1. The first-order valence-electron chi connectivity index (χ1n) is 8.02. The van der Waals surface area contributed by atoms with Gasteiger partial charge in [0.1, 0.15) is 11.0 Å². The lowest BCUT2D eigenvalue weighted by molar-refractivity contribution is -0.127. The third-order valence-electron chi connectivity index (χ3n) is 3.83. The van der Waals surface area contributed by atoms with Crippen LogP contribution >= 0.6 is 11.6 Å². The Balaban J connectivity index is 2.26. The number of hydrogen-bond donors (Lipinski definition) is 4. The summed E-state index contributed by atoms with van der Waals surface area (Å²) in [4.78, 5) is 14.4. The van der Waals surface area contributed by atoms with Crippen LogP contribution in [-0.4, -0.2) is 48.7 Å². The molecule has 0 saturated heterocycles. The van der Waals surface area contributed by atoms with Gasteiger partial charge in [-0.2, -0.15) is 0 Å². The Morgan fingerprint density at radius 1 is 1.43 bits per heavy atom. The van der Waals surface area contributed by atoms with Crippen LogP contribution in [0.15, 0.2) is 24.7 Å². The van der Waals surface area contributed by atoms with Gasteiger partial charge in [0.2, 0.25) is 5.91 Å². The average Bonchev–Trinajstić information content (AvgIpc) is 2.40. The summed E-state index contributed by atoms with van der Waals surface area (Å²) in [6, 6.07) is 0.409. The van der Waals surface area contributed by atoms with Gasteiger partial charge < -0.3 is 20.9 Å². The van der Waals surface area contributed by atoms with Crippen molar-refractivity contribution in [2.45, 2.75) is 32.2 Å². The van der Waals surface area contributed by atoms with Crippen LogP contribution in [0.2, 0.25) is 0 Å². The second-order valence-corrected chi connectivity index (χ2v) is 6.27. The maximum absolute atomic E-state index is 12.1. The van der Waals surface area contributed by atoms with Crippen LogP contribution < -0.4 is 16.0 Å². The van der Waals surface area contributed by atoms with E-state index in [4.69, 9.17) is 17.0 Å². The van der Waals surface area contributed by atoms with Gasteiger partial charge in [-0.15, -0.1) is 0 Å². The highest BCUT2D eigenvalue weighted by molar-refractivity contribution is 6.67. The predicted molar refractivity (Wildman–Crippen MR) is 95.4 cm³/mol. The molecule has 0 unspecified atom stereocenters. The smallest absolute Gasteiger partial charge is 0.228 e. The van der Waals surface area contributed by atoms with Gasteiger partial charge in [0, 0.05) is 31.1 Å². The van der Waals surface area contributed by atoms with E-state index < -0.39 is 0 Å². The third-order valence-corrected chi connectivity index (χ3v) is 3.94. The molecule has 1 rings (SSSR count). The topological polar surface area (TPSA) is 80.2 Å². The number of likely N-dealkylation sites (N-methyl/N-ethyl adjacent to an activating group) is 1. The van der Waals surface area contributed by atoms with Crippen LogP contribution in [0.1, 0.15) is 26.2 Å². The molecule has 130 valence electrons. The Labute approximate surface area is 143 Å². The summed E-state index contributed by atoms with van der Waals surface area (Å²) in [5.41, 5.74) is 0. The van der Waals surface area contributed by atoms with E-state index in [1.165, 1.54) is 12.3 Å². The highest BCUT2D eigenvalue weighted by Crippen LogP contribution is 2.27. The van der Waals surface area contributed by atoms with Crippen LogP contribution in [0.4, 0.5) is 0 Å². The summed E-state index contributed by atoms with van der Waals surface area (Å²) in [6.07, 6.45) is 5.62. The molecule has 6 nitrogen and oxygen atoms in total. The Hall–Kier alpha value is -1.37. The maximum atomic E-state index is 12.1. The maximum Gasteiger partial charge on any atom is 0.228 e. The van der Waals surface area contributed by atoms with Gasteiger partial charge >= 0.3 is 0 Å². The third kappa shape index (κ3) is 7.63. The summed E-state index contributed by atoms with van der Waals surface area (Å²) in [5.74, 6) is 0.327. The van der Waals surface area contributed by atoms with E-state index in [9.17, 15) is 4.79 Å². The van der Waals surface area contributed by atoms with Crippen molar-refractivity contribution >= 4 is 22.7 Å². The molecule has 1 fully saturated rings. The Bertz CT molecular complexity index is 446. The molecule has 23 heavy (non-hydrogen) atoms. The normalized spacial score (nSPS) is 20.8. The summed E-state index contributed by atoms with van der Waals surface area (Å²) in [5, 5.41) is 16.1. The molecule has 0 aliphatic heterocycles. The molecule has 0 aromatic rings. The second-order valence-electron chi connectivity index (χ2n) is 5.87. The van der Waals surface area contributed by atoms with Crippen molar-refractivity contribution in [3.05, 3.63) is 24.7 Å². The van der Waals surface area contributed by atoms with E-state index in [1.54, 1.807) is 0 Å². The average molecular weight is 342 g/mol. The number of carbonyl (C=O) groups is 1. The minimum absolute atomic E-state index is 0.000367. The first kappa shape index (κ1) is 19.7. The molecule has 0 spiro atoms. The van der Waals surface area contributed by atoms with Crippen molar-refractivity contribution in [2.24, 2.45) is 5.92 Å². The van der Waals surface area contributed by atoms with Crippen LogP contribution in [0.5, 0.6) is 0 Å². The van der Waals surface area contributed by atoms with Gasteiger partial charge in [-0.3, -0.25) is 10.2 Å². The summed E-state index contributed by atoms with van der Waals surface area (Å²) in [7, 11) is 2.12. The van der Waals surface area contributed by atoms with Gasteiger partial charge in [0.05, 0.1) is 0 Å². The molecule has 1 saturated carbocycles. The lowest BCUT2D eigenvalue weighted by Crippen LogP contribution is -2.49. The fraction of sp³-hybridized carbons (Fsp3) is 0.625. The van der Waals surface area contributed by atoms with E-state index in [2.05, 4.69) is 41.4 Å². The van der Waals surface area contributed by atoms with Gasteiger partial charge in [0.15, 0.2) is 0 Å². The lowest BCUT2D eigenvalue weighted by Gasteiger charge is -2.35. The molecular formula is C16H28ClN5O. The minimum Gasteiger partial charge on any atom is -0.349 e. The zero-order valence-corrected chi connectivity index (χ0v) is 14.7. The first-order chi connectivity index (χ1) is 11.0. The van der Waals surface area contributed by atoms with Crippen molar-refractivity contribution in [2.75, 3.05) is 26.7 Å². The van der Waals surface area contributed by atoms with E-state index in [0.717, 1.165) is 38.9 Å². The lowest BCUT2D eigenvalue weighted by atomic mass is 9.79. The molecule has 0 bridgehead atoms. The molecule has 1 aliphatic carbocycles. The number of amides is 1. The first-order valence-corrected chi connectivity index (χ1v) is 8.40. The largest absolute Gasteiger partial charge is 0.349 e. The molecule has 1 aliphatic rings. The van der Waals surface area contributed by atoms with Crippen LogP contribution in [0.25, 0.3) is 0 Å². The van der Waals surface area contributed by atoms with Crippen molar-refractivity contribution in [1.82, 2.24) is 20.9 Å². The molecule has 4 N–H and O–H groups in total. The number of allylic oxidation sites excluding steroid dienone is 1. The van der Waals surface area contributed by atoms with E-state index in [1.807, 2.05) is 0 Å². The van der Waals surface area contributed by atoms with Crippen LogP contribution in [0.3, 0.4) is 0 Å². The monoisotopic (exact) mass is 341 g/mol. The number of hydrogen-bond acceptors (Lipinski definition) is 5. The van der Waals surface area contributed by atoms with E-state index in [0.29, 0.717) is 11.9 Å². The van der Waals surface area contributed by atoms with Gasteiger partial charge in [-0.05, 0) is 39.1 Å². The van der Waals surface area contributed by atoms with Crippen LogP contribution in [-0.2, 0) is 4.79 Å². The predicted octanol–water partition coefficient (Wildman–Crippen LogP) is 1.60. The highest BCUT2D eigenvalue weighted by atomic mass is 35.5. The quantitative estimate of drug-likeness (QED) is 0.430. The zero-order chi connectivity index (χ0) is 17.2. The van der Waals surface area contributed by atoms with Crippen molar-refractivity contribution in [3.63, 3.8) is 0 Å². The zero-order valence-electron chi connectivity index (χ0n) is 14.0. The van der Waals surface area contributed by atoms with Crippen molar-refractivity contribution in [1.29, 1.82) is 5.41 Å². The number of carbonyl (C=O) groups excluding carboxylic acids is 1. The summed E-state index contributed by atoms with van der Waals surface area (Å²) in [6.45, 7) is 8.79. The molecule has 0 radical (unpaired) electrons. The SMILES string of the molecule is C=CNC(=CC(=N)Cl)NC(=O)C1CC(NCCN(C)CCC)C1. The highest BCUT2D eigenvalue weighted by Gasteiger charge is 2.34. The Morgan fingerprint density at radius 2 is 2.13 bits per heavy atom. The molecule has 1 amide bonds. The molecule has 0 heterocycles. The second kappa shape index (κ2) is 10.4. The Kier molecular flexibility index (Phi) is 8.91. The number of rotatable bonds is 11. The molecule has 0 atom stereocenters. The molecule has 0 aromatic heterocycles. The Morgan fingerprint density at radius 3 is 2.70 bits per heavy atom. The number of nitrogens with one attached hydrogen (secondary N) is 4. The van der Waals surface area contributed by atoms with E-state index in [-0.39, 0.29) is 17.0 Å². The van der Waals surface area contributed by atoms with Crippen molar-refractivity contribution < 1.29 is 4.79 Å².